The van der Waals surface area contributed by atoms with Crippen molar-refractivity contribution in [1.82, 2.24) is 0 Å². The van der Waals surface area contributed by atoms with Crippen LogP contribution < -0.4 is 10.5 Å². The third-order valence-corrected chi connectivity index (χ3v) is 2.70. The Hall–Kier alpha value is -1.87. The summed E-state index contributed by atoms with van der Waals surface area (Å²) in [6.07, 6.45) is 0. The summed E-state index contributed by atoms with van der Waals surface area (Å²) >= 11 is 0. The van der Waals surface area contributed by atoms with Gasteiger partial charge in [-0.3, -0.25) is 0 Å². The number of halogens is 1. The van der Waals surface area contributed by atoms with Gasteiger partial charge in [-0.15, -0.1) is 0 Å². The first-order chi connectivity index (χ1) is 8.65. The maximum absolute atomic E-state index is 12.7. The van der Waals surface area contributed by atoms with Gasteiger partial charge in [-0.2, -0.15) is 0 Å². The Labute approximate surface area is 106 Å². The lowest BCUT2D eigenvalue weighted by atomic mass is 10.1. The molecule has 0 aliphatic rings. The second-order valence-corrected chi connectivity index (χ2v) is 4.28. The van der Waals surface area contributed by atoms with E-state index in [4.69, 9.17) is 10.5 Å². The van der Waals surface area contributed by atoms with Crippen molar-refractivity contribution in [2.45, 2.75) is 19.6 Å². The van der Waals surface area contributed by atoms with Gasteiger partial charge in [0.1, 0.15) is 18.2 Å². The summed E-state index contributed by atoms with van der Waals surface area (Å²) in [6, 6.07) is 14.0. The van der Waals surface area contributed by atoms with Gasteiger partial charge in [-0.25, -0.2) is 4.39 Å². The van der Waals surface area contributed by atoms with Gasteiger partial charge in [0.05, 0.1) is 0 Å². The lowest BCUT2D eigenvalue weighted by Gasteiger charge is -2.10. The molecular weight excluding hydrogens is 229 g/mol. The van der Waals surface area contributed by atoms with Gasteiger partial charge in [-0.05, 0) is 42.3 Å². The van der Waals surface area contributed by atoms with Crippen molar-refractivity contribution in [3.05, 3.63) is 65.5 Å². The highest BCUT2D eigenvalue weighted by Crippen LogP contribution is 2.18. The Morgan fingerprint density at radius 2 is 1.89 bits per heavy atom. The van der Waals surface area contributed by atoms with Crippen molar-refractivity contribution in [3.8, 4) is 5.75 Å². The summed E-state index contributed by atoms with van der Waals surface area (Å²) in [7, 11) is 0. The highest BCUT2D eigenvalue weighted by molar-refractivity contribution is 5.30. The molecule has 3 heteroatoms. The monoisotopic (exact) mass is 245 g/mol. The summed E-state index contributed by atoms with van der Waals surface area (Å²) in [5.41, 5.74) is 7.78. The predicted octanol–water partition coefficient (Wildman–Crippen LogP) is 3.42. The van der Waals surface area contributed by atoms with Gasteiger partial charge >= 0.3 is 0 Å². The van der Waals surface area contributed by atoms with E-state index in [0.29, 0.717) is 6.61 Å². The molecule has 0 bridgehead atoms. The molecule has 18 heavy (non-hydrogen) atoms. The van der Waals surface area contributed by atoms with Crippen LogP contribution in [0.1, 0.15) is 24.1 Å². The molecule has 1 atom stereocenters. The highest BCUT2D eigenvalue weighted by Gasteiger charge is 2.01. The number of hydrogen-bond donors (Lipinski definition) is 1. The molecule has 0 aliphatic heterocycles. The van der Waals surface area contributed by atoms with E-state index >= 15 is 0 Å². The Bertz CT molecular complexity index is 508. The molecular formula is C15H16FNO. The van der Waals surface area contributed by atoms with Crippen LogP contribution >= 0.6 is 0 Å². The normalized spacial score (nSPS) is 12.2. The first-order valence-corrected chi connectivity index (χ1v) is 5.88. The molecule has 2 aromatic rings. The molecule has 2 N–H and O–H groups in total. The van der Waals surface area contributed by atoms with Gasteiger partial charge in [0.15, 0.2) is 0 Å². The summed E-state index contributed by atoms with van der Waals surface area (Å²) in [5.74, 6) is 0.534. The number of rotatable bonds is 4. The maximum Gasteiger partial charge on any atom is 0.123 e. The molecule has 94 valence electrons. The molecule has 0 spiro atoms. The zero-order valence-corrected chi connectivity index (χ0v) is 10.3. The third kappa shape index (κ3) is 3.31. The molecule has 2 aromatic carbocycles. The quantitative estimate of drug-likeness (QED) is 0.895. The largest absolute Gasteiger partial charge is 0.489 e. The average molecular weight is 245 g/mol. The zero-order chi connectivity index (χ0) is 13.0. The van der Waals surface area contributed by atoms with E-state index in [0.717, 1.165) is 16.9 Å². The van der Waals surface area contributed by atoms with E-state index in [1.165, 1.54) is 12.1 Å². The van der Waals surface area contributed by atoms with Gasteiger partial charge < -0.3 is 10.5 Å². The summed E-state index contributed by atoms with van der Waals surface area (Å²) < 4.78 is 18.4. The SMILES string of the molecule is C[C@@H](N)c1cccc(OCc2ccc(F)cc2)c1. The molecule has 0 unspecified atom stereocenters. The Kier molecular flexibility index (Phi) is 3.95. The summed E-state index contributed by atoms with van der Waals surface area (Å²) in [6.45, 7) is 2.35. The minimum atomic E-state index is -0.238. The first kappa shape index (κ1) is 12.6. The third-order valence-electron chi connectivity index (χ3n) is 2.70. The van der Waals surface area contributed by atoms with Crippen LogP contribution in [0.25, 0.3) is 0 Å². The van der Waals surface area contributed by atoms with Crippen molar-refractivity contribution in [3.63, 3.8) is 0 Å². The fraction of sp³-hybridized carbons (Fsp3) is 0.200. The van der Waals surface area contributed by atoms with Crippen LogP contribution in [0.15, 0.2) is 48.5 Å². The minimum Gasteiger partial charge on any atom is -0.489 e. The van der Waals surface area contributed by atoms with Crippen molar-refractivity contribution in [1.29, 1.82) is 0 Å². The molecule has 0 aliphatic carbocycles. The van der Waals surface area contributed by atoms with Crippen LogP contribution in [0.5, 0.6) is 5.75 Å². The molecule has 0 amide bonds. The lowest BCUT2D eigenvalue weighted by molar-refractivity contribution is 0.305. The molecule has 0 fully saturated rings. The maximum atomic E-state index is 12.7. The zero-order valence-electron chi connectivity index (χ0n) is 10.3. The van der Waals surface area contributed by atoms with Gasteiger partial charge in [0, 0.05) is 6.04 Å². The molecule has 2 rings (SSSR count). The van der Waals surface area contributed by atoms with E-state index < -0.39 is 0 Å². The molecule has 0 radical (unpaired) electrons. The van der Waals surface area contributed by atoms with E-state index in [2.05, 4.69) is 0 Å². The number of hydrogen-bond acceptors (Lipinski definition) is 2. The van der Waals surface area contributed by atoms with Crippen LogP contribution in [0, 0.1) is 5.82 Å². The Morgan fingerprint density at radius 3 is 2.56 bits per heavy atom. The summed E-state index contributed by atoms with van der Waals surface area (Å²) in [4.78, 5) is 0. The van der Waals surface area contributed by atoms with Gasteiger partial charge in [0.25, 0.3) is 0 Å². The lowest BCUT2D eigenvalue weighted by Crippen LogP contribution is -2.05. The van der Waals surface area contributed by atoms with E-state index in [1.807, 2.05) is 31.2 Å². The topological polar surface area (TPSA) is 35.2 Å². The Morgan fingerprint density at radius 1 is 1.17 bits per heavy atom. The second kappa shape index (κ2) is 5.65. The van der Waals surface area contributed by atoms with Gasteiger partial charge in [-0.1, -0.05) is 24.3 Å². The molecule has 0 aromatic heterocycles. The van der Waals surface area contributed by atoms with Crippen LogP contribution in [-0.2, 0) is 6.61 Å². The molecule has 0 saturated carbocycles. The van der Waals surface area contributed by atoms with E-state index in [-0.39, 0.29) is 11.9 Å². The van der Waals surface area contributed by atoms with E-state index in [1.54, 1.807) is 12.1 Å². The van der Waals surface area contributed by atoms with Gasteiger partial charge in [0.2, 0.25) is 0 Å². The molecule has 0 saturated heterocycles. The fourth-order valence-electron chi connectivity index (χ4n) is 1.63. The van der Waals surface area contributed by atoms with Crippen molar-refractivity contribution in [2.24, 2.45) is 5.73 Å². The average Bonchev–Trinajstić information content (AvgIpc) is 2.38. The fourth-order valence-corrected chi connectivity index (χ4v) is 1.63. The number of benzene rings is 2. The number of nitrogens with two attached hydrogens (primary N) is 1. The molecule has 2 nitrogen and oxygen atoms in total. The smallest absolute Gasteiger partial charge is 0.123 e. The molecule has 0 heterocycles. The predicted molar refractivity (Wildman–Crippen MR) is 69.8 cm³/mol. The van der Waals surface area contributed by atoms with Crippen molar-refractivity contribution < 1.29 is 9.13 Å². The van der Waals surface area contributed by atoms with Crippen LogP contribution in [0.2, 0.25) is 0 Å². The first-order valence-electron chi connectivity index (χ1n) is 5.88. The second-order valence-electron chi connectivity index (χ2n) is 4.28. The van der Waals surface area contributed by atoms with E-state index in [9.17, 15) is 4.39 Å². The van der Waals surface area contributed by atoms with Crippen LogP contribution in [0.4, 0.5) is 4.39 Å². The Balaban J connectivity index is 2.01. The number of ether oxygens (including phenoxy) is 1. The highest BCUT2D eigenvalue weighted by atomic mass is 19.1. The minimum absolute atomic E-state index is 0.0145. The van der Waals surface area contributed by atoms with Crippen molar-refractivity contribution in [2.75, 3.05) is 0 Å². The van der Waals surface area contributed by atoms with Crippen LogP contribution in [-0.4, -0.2) is 0 Å². The summed E-state index contributed by atoms with van der Waals surface area (Å²) in [5, 5.41) is 0. The van der Waals surface area contributed by atoms with Crippen LogP contribution in [0.3, 0.4) is 0 Å². The standard InChI is InChI=1S/C15H16FNO/c1-11(17)13-3-2-4-15(9-13)18-10-12-5-7-14(16)8-6-12/h2-9,11H,10,17H2,1H3/t11-/m1/s1. The van der Waals surface area contributed by atoms with Crippen molar-refractivity contribution >= 4 is 0 Å².